The third-order valence-electron chi connectivity index (χ3n) is 4.66. The molecule has 3 aromatic carbocycles. The van der Waals surface area contributed by atoms with Crippen LogP contribution >= 0.6 is 24.0 Å². The van der Waals surface area contributed by atoms with E-state index < -0.39 is 0 Å². The van der Waals surface area contributed by atoms with Crippen molar-refractivity contribution in [1.82, 2.24) is 5.32 Å². The van der Waals surface area contributed by atoms with Gasteiger partial charge < -0.3 is 10.1 Å². The van der Waals surface area contributed by atoms with Crippen molar-refractivity contribution in [2.24, 2.45) is 0 Å². The van der Waals surface area contributed by atoms with Crippen molar-refractivity contribution < 1.29 is 4.74 Å². The van der Waals surface area contributed by atoms with Gasteiger partial charge in [0.15, 0.2) is 0 Å². The molecular weight excluding hydrogens is 389 g/mol. The summed E-state index contributed by atoms with van der Waals surface area (Å²) >= 11 is 6.23. The summed E-state index contributed by atoms with van der Waals surface area (Å²) in [7, 11) is 0. The molecule has 1 unspecified atom stereocenters. The number of nitrogens with one attached hydrogen (secondary N) is 1. The van der Waals surface area contributed by atoms with Crippen LogP contribution in [0.4, 0.5) is 0 Å². The quantitative estimate of drug-likeness (QED) is 0.433. The smallest absolute Gasteiger partial charge is 0.124 e. The van der Waals surface area contributed by atoms with Crippen LogP contribution in [-0.4, -0.2) is 6.04 Å². The van der Waals surface area contributed by atoms with Crippen molar-refractivity contribution in [2.45, 2.75) is 39.0 Å². The van der Waals surface area contributed by atoms with Crippen molar-refractivity contribution in [1.29, 1.82) is 0 Å². The maximum Gasteiger partial charge on any atom is 0.124 e. The fourth-order valence-electron chi connectivity index (χ4n) is 2.98. The number of para-hydroxylation sites is 1. The molecule has 0 saturated carbocycles. The van der Waals surface area contributed by atoms with E-state index in [0.717, 1.165) is 41.3 Å². The molecule has 1 N–H and O–H groups in total. The first kappa shape index (κ1) is 22.3. The highest BCUT2D eigenvalue weighted by atomic mass is 35.5. The zero-order valence-corrected chi connectivity index (χ0v) is 17.7. The Labute approximate surface area is 179 Å². The van der Waals surface area contributed by atoms with E-state index >= 15 is 0 Å². The third kappa shape index (κ3) is 6.87. The molecule has 0 aliphatic rings. The minimum Gasteiger partial charge on any atom is -0.489 e. The Morgan fingerprint density at radius 1 is 0.857 bits per heavy atom. The number of hydrogen-bond acceptors (Lipinski definition) is 2. The third-order valence-corrected chi connectivity index (χ3v) is 5.03. The first-order chi connectivity index (χ1) is 13.2. The second-order valence-electron chi connectivity index (χ2n) is 6.79. The monoisotopic (exact) mass is 415 g/mol. The Morgan fingerprint density at radius 3 is 2.25 bits per heavy atom. The van der Waals surface area contributed by atoms with Crippen LogP contribution in [0.15, 0.2) is 78.9 Å². The highest BCUT2D eigenvalue weighted by Crippen LogP contribution is 2.22. The number of halogens is 2. The summed E-state index contributed by atoms with van der Waals surface area (Å²) in [6.07, 6.45) is 2.19. The lowest BCUT2D eigenvalue weighted by Gasteiger charge is -2.16. The number of hydrogen-bond donors (Lipinski definition) is 1. The molecule has 0 aromatic heterocycles. The molecule has 0 spiro atoms. The van der Waals surface area contributed by atoms with Gasteiger partial charge in [-0.2, -0.15) is 0 Å². The first-order valence-corrected chi connectivity index (χ1v) is 9.81. The molecule has 1 atom stereocenters. The highest BCUT2D eigenvalue weighted by Gasteiger charge is 2.07. The summed E-state index contributed by atoms with van der Waals surface area (Å²) in [6, 6.07) is 27.0. The number of benzene rings is 3. The van der Waals surface area contributed by atoms with Gasteiger partial charge in [-0.1, -0.05) is 78.3 Å². The number of ether oxygens (including phenoxy) is 1. The molecule has 28 heavy (non-hydrogen) atoms. The summed E-state index contributed by atoms with van der Waals surface area (Å²) < 4.78 is 6.04. The first-order valence-electron chi connectivity index (χ1n) is 9.44. The van der Waals surface area contributed by atoms with Crippen LogP contribution < -0.4 is 10.1 Å². The molecule has 4 heteroatoms. The zero-order chi connectivity index (χ0) is 18.9. The van der Waals surface area contributed by atoms with Gasteiger partial charge in [-0.05, 0) is 37.5 Å². The molecule has 0 saturated heterocycles. The molecule has 0 amide bonds. The van der Waals surface area contributed by atoms with E-state index in [-0.39, 0.29) is 12.4 Å². The van der Waals surface area contributed by atoms with Crippen LogP contribution in [0.2, 0.25) is 5.02 Å². The Hall–Kier alpha value is -2.00. The second kappa shape index (κ2) is 11.8. The van der Waals surface area contributed by atoms with Crippen LogP contribution in [0.1, 0.15) is 30.0 Å². The summed E-state index contributed by atoms with van der Waals surface area (Å²) in [5.41, 5.74) is 3.55. The van der Waals surface area contributed by atoms with Crippen molar-refractivity contribution in [3.63, 3.8) is 0 Å². The van der Waals surface area contributed by atoms with E-state index in [1.54, 1.807) is 0 Å². The van der Waals surface area contributed by atoms with Crippen molar-refractivity contribution in [2.75, 3.05) is 0 Å². The summed E-state index contributed by atoms with van der Waals surface area (Å²) in [6.45, 7) is 3.49. The molecule has 0 aliphatic heterocycles. The van der Waals surface area contributed by atoms with Gasteiger partial charge in [0.25, 0.3) is 0 Å². The summed E-state index contributed by atoms with van der Waals surface area (Å²) in [5.74, 6) is 0.903. The van der Waals surface area contributed by atoms with Crippen LogP contribution in [0.3, 0.4) is 0 Å². The molecule has 3 aromatic rings. The van der Waals surface area contributed by atoms with E-state index in [0.29, 0.717) is 12.6 Å². The standard InChI is InChI=1S/C24H26ClNO.ClH/c1-19(15-16-20-9-3-2-4-10-20)26-17-21-11-6-8-14-24(21)27-18-22-12-5-7-13-23(22)25;/h2-14,19,26H,15-18H2,1H3;1H. The SMILES string of the molecule is CC(CCc1ccccc1)NCc1ccccc1OCc1ccccc1Cl.Cl. The molecule has 148 valence electrons. The lowest BCUT2D eigenvalue weighted by atomic mass is 10.1. The Kier molecular flexibility index (Phi) is 9.36. The Balaban J connectivity index is 0.00000280. The van der Waals surface area contributed by atoms with E-state index in [2.05, 4.69) is 48.6 Å². The van der Waals surface area contributed by atoms with E-state index in [9.17, 15) is 0 Å². The minimum atomic E-state index is 0. The molecule has 3 rings (SSSR count). The largest absolute Gasteiger partial charge is 0.489 e. The van der Waals surface area contributed by atoms with Gasteiger partial charge in [0.05, 0.1) is 0 Å². The topological polar surface area (TPSA) is 21.3 Å². The van der Waals surface area contributed by atoms with Gasteiger partial charge in [0.1, 0.15) is 12.4 Å². The predicted molar refractivity (Wildman–Crippen MR) is 121 cm³/mol. The highest BCUT2D eigenvalue weighted by molar-refractivity contribution is 6.31. The van der Waals surface area contributed by atoms with Gasteiger partial charge >= 0.3 is 0 Å². The van der Waals surface area contributed by atoms with Gasteiger partial charge in [-0.3, -0.25) is 0 Å². The van der Waals surface area contributed by atoms with Crippen LogP contribution in [0, 0.1) is 0 Å². The van der Waals surface area contributed by atoms with Gasteiger partial charge in [0, 0.05) is 28.7 Å². The van der Waals surface area contributed by atoms with E-state index in [4.69, 9.17) is 16.3 Å². The van der Waals surface area contributed by atoms with E-state index in [1.165, 1.54) is 5.56 Å². The molecule has 0 bridgehead atoms. The molecule has 0 radical (unpaired) electrons. The second-order valence-corrected chi connectivity index (χ2v) is 7.20. The fourth-order valence-corrected chi connectivity index (χ4v) is 3.17. The average molecular weight is 416 g/mol. The van der Waals surface area contributed by atoms with E-state index in [1.807, 2.05) is 42.5 Å². The number of aryl methyl sites for hydroxylation is 1. The maximum atomic E-state index is 6.23. The predicted octanol–water partition coefficient (Wildman–Crippen LogP) is 6.45. The molecule has 0 aliphatic carbocycles. The van der Waals surface area contributed by atoms with Gasteiger partial charge in [-0.15, -0.1) is 12.4 Å². The zero-order valence-electron chi connectivity index (χ0n) is 16.1. The molecule has 0 heterocycles. The lowest BCUT2D eigenvalue weighted by Crippen LogP contribution is -2.26. The summed E-state index contributed by atoms with van der Waals surface area (Å²) in [4.78, 5) is 0. The van der Waals surface area contributed by atoms with Crippen molar-refractivity contribution >= 4 is 24.0 Å². The van der Waals surface area contributed by atoms with Crippen LogP contribution in [0.5, 0.6) is 5.75 Å². The Morgan fingerprint density at radius 2 is 1.50 bits per heavy atom. The summed E-state index contributed by atoms with van der Waals surface area (Å²) in [5, 5.41) is 4.35. The number of rotatable bonds is 9. The van der Waals surface area contributed by atoms with Crippen molar-refractivity contribution in [3.8, 4) is 5.75 Å². The lowest BCUT2D eigenvalue weighted by molar-refractivity contribution is 0.301. The normalized spacial score (nSPS) is 11.5. The average Bonchev–Trinajstić information content (AvgIpc) is 2.71. The molecule has 0 fully saturated rings. The minimum absolute atomic E-state index is 0. The van der Waals surface area contributed by atoms with Gasteiger partial charge in [-0.25, -0.2) is 0 Å². The maximum absolute atomic E-state index is 6.23. The van der Waals surface area contributed by atoms with Crippen LogP contribution in [-0.2, 0) is 19.6 Å². The Bertz CT molecular complexity index is 839. The fraction of sp³-hybridized carbons (Fsp3) is 0.250. The van der Waals surface area contributed by atoms with Crippen molar-refractivity contribution in [3.05, 3.63) is 101 Å². The molecule has 2 nitrogen and oxygen atoms in total. The molecular formula is C24H27Cl2NO. The van der Waals surface area contributed by atoms with Crippen LogP contribution in [0.25, 0.3) is 0 Å². The van der Waals surface area contributed by atoms with Gasteiger partial charge in [0.2, 0.25) is 0 Å².